The molecule has 1 aliphatic carbocycles. The van der Waals surface area contributed by atoms with Gasteiger partial charge in [0.05, 0.1) is 35.7 Å². The van der Waals surface area contributed by atoms with Crippen LogP contribution in [0.4, 0.5) is 5.82 Å². The fourth-order valence-corrected chi connectivity index (χ4v) is 5.36. The molecule has 8 heteroatoms. The molecular formula is C28H35N5O3. The maximum atomic E-state index is 13.1. The van der Waals surface area contributed by atoms with Gasteiger partial charge in [0, 0.05) is 43.7 Å². The van der Waals surface area contributed by atoms with Gasteiger partial charge in [-0.3, -0.25) is 9.78 Å². The van der Waals surface area contributed by atoms with E-state index in [0.717, 1.165) is 35.5 Å². The maximum Gasteiger partial charge on any atom is 0.260 e. The van der Waals surface area contributed by atoms with Gasteiger partial charge in [0.25, 0.3) is 5.91 Å². The van der Waals surface area contributed by atoms with Crippen molar-refractivity contribution in [3.05, 3.63) is 46.9 Å². The fourth-order valence-electron chi connectivity index (χ4n) is 5.36. The molecular weight excluding hydrogens is 454 g/mol. The van der Waals surface area contributed by atoms with Gasteiger partial charge in [-0.1, -0.05) is 13.8 Å². The van der Waals surface area contributed by atoms with E-state index in [0.29, 0.717) is 49.9 Å². The SMILES string of the molecule is CC(C)[C@@H]1CN(c2nc(C3CC3)c3c(c2C#N)CC(C)(C)OC3)CCN1C(=O)COc1cccnc1. The standard InChI is InChI=1S/C28H35N5O3/c1-18(2)24-15-32(10-11-33(24)25(34)17-35-20-6-5-9-30-14-20)27-22(13-29)21-12-28(3,4)36-16-23(21)26(31-27)19-7-8-19/h5-6,9,14,18-19,24H,7-8,10-12,15-17H2,1-4H3/t24-/m0/s1. The zero-order valence-corrected chi connectivity index (χ0v) is 21.7. The number of carbonyl (C=O) groups is 1. The highest BCUT2D eigenvalue weighted by molar-refractivity contribution is 5.78. The summed E-state index contributed by atoms with van der Waals surface area (Å²) >= 11 is 0. The van der Waals surface area contributed by atoms with Crippen LogP contribution in [0, 0.1) is 17.2 Å². The second-order valence-electron chi connectivity index (χ2n) is 11.1. The van der Waals surface area contributed by atoms with Gasteiger partial charge in [0.2, 0.25) is 0 Å². The van der Waals surface area contributed by atoms with Crippen molar-refractivity contribution in [1.82, 2.24) is 14.9 Å². The number of hydrogen-bond donors (Lipinski definition) is 0. The molecule has 0 aromatic carbocycles. The van der Waals surface area contributed by atoms with Crippen LogP contribution in [0.25, 0.3) is 0 Å². The average molecular weight is 490 g/mol. The van der Waals surface area contributed by atoms with Crippen LogP contribution in [0.1, 0.15) is 68.8 Å². The summed E-state index contributed by atoms with van der Waals surface area (Å²) < 4.78 is 11.8. The first-order chi connectivity index (χ1) is 17.3. The van der Waals surface area contributed by atoms with Crippen molar-refractivity contribution in [3.63, 3.8) is 0 Å². The molecule has 3 aliphatic rings. The van der Waals surface area contributed by atoms with Crippen LogP contribution in [0.3, 0.4) is 0 Å². The van der Waals surface area contributed by atoms with Crippen molar-refractivity contribution in [1.29, 1.82) is 5.26 Å². The highest BCUT2D eigenvalue weighted by Gasteiger charge is 2.39. The van der Waals surface area contributed by atoms with Gasteiger partial charge in [-0.25, -0.2) is 4.98 Å². The van der Waals surface area contributed by atoms with Gasteiger partial charge in [-0.2, -0.15) is 5.26 Å². The predicted molar refractivity (Wildman–Crippen MR) is 136 cm³/mol. The smallest absolute Gasteiger partial charge is 0.260 e. The lowest BCUT2D eigenvalue weighted by Crippen LogP contribution is -2.58. The van der Waals surface area contributed by atoms with Crippen LogP contribution < -0.4 is 9.64 Å². The van der Waals surface area contributed by atoms with E-state index in [1.165, 1.54) is 0 Å². The number of anilines is 1. The molecule has 0 N–H and O–H groups in total. The largest absolute Gasteiger partial charge is 0.482 e. The third-order valence-corrected chi connectivity index (χ3v) is 7.52. The Morgan fingerprint density at radius 2 is 2.11 bits per heavy atom. The van der Waals surface area contributed by atoms with Crippen molar-refractivity contribution >= 4 is 11.7 Å². The highest BCUT2D eigenvalue weighted by atomic mass is 16.5. The minimum Gasteiger partial charge on any atom is -0.482 e. The summed E-state index contributed by atoms with van der Waals surface area (Å²) in [7, 11) is 0. The predicted octanol–water partition coefficient (Wildman–Crippen LogP) is 3.83. The third kappa shape index (κ3) is 4.90. The van der Waals surface area contributed by atoms with Gasteiger partial charge >= 0.3 is 0 Å². The van der Waals surface area contributed by atoms with E-state index in [1.807, 2.05) is 4.90 Å². The molecule has 1 saturated carbocycles. The summed E-state index contributed by atoms with van der Waals surface area (Å²) in [5.41, 5.74) is 3.70. The molecule has 36 heavy (non-hydrogen) atoms. The Morgan fingerprint density at radius 1 is 1.31 bits per heavy atom. The second kappa shape index (κ2) is 9.70. The molecule has 1 atom stereocenters. The number of fused-ring (bicyclic) bond motifs is 1. The molecule has 0 radical (unpaired) electrons. The van der Waals surface area contributed by atoms with Gasteiger partial charge < -0.3 is 19.3 Å². The summed E-state index contributed by atoms with van der Waals surface area (Å²) in [4.78, 5) is 26.5. The molecule has 0 bridgehead atoms. The molecule has 0 spiro atoms. The summed E-state index contributed by atoms with van der Waals surface area (Å²) in [5.74, 6) is 2.04. The first kappa shape index (κ1) is 24.5. The lowest BCUT2D eigenvalue weighted by atomic mass is 9.87. The Kier molecular flexibility index (Phi) is 6.60. The van der Waals surface area contributed by atoms with Crippen molar-refractivity contribution in [3.8, 4) is 11.8 Å². The van der Waals surface area contributed by atoms with E-state index in [4.69, 9.17) is 14.5 Å². The zero-order chi connectivity index (χ0) is 25.4. The molecule has 8 nitrogen and oxygen atoms in total. The summed E-state index contributed by atoms with van der Waals surface area (Å²) in [6, 6.07) is 6.08. The van der Waals surface area contributed by atoms with E-state index < -0.39 is 0 Å². The van der Waals surface area contributed by atoms with Crippen molar-refractivity contribution < 1.29 is 14.3 Å². The van der Waals surface area contributed by atoms with Gasteiger partial charge in [0.15, 0.2) is 6.61 Å². The second-order valence-corrected chi connectivity index (χ2v) is 11.1. The Morgan fingerprint density at radius 3 is 2.78 bits per heavy atom. The van der Waals surface area contributed by atoms with Crippen LogP contribution in [0.15, 0.2) is 24.5 Å². The molecule has 5 rings (SSSR count). The van der Waals surface area contributed by atoms with Crippen LogP contribution >= 0.6 is 0 Å². The number of amides is 1. The van der Waals surface area contributed by atoms with Gasteiger partial charge in [0.1, 0.15) is 17.6 Å². The number of pyridine rings is 2. The lowest BCUT2D eigenvalue weighted by Gasteiger charge is -2.44. The molecule has 2 aromatic rings. The number of ether oxygens (including phenoxy) is 2. The normalized spacial score (nSPS) is 21.2. The molecule has 1 amide bonds. The Bertz CT molecular complexity index is 1170. The van der Waals surface area contributed by atoms with Crippen LogP contribution in [0.2, 0.25) is 0 Å². The third-order valence-electron chi connectivity index (χ3n) is 7.52. The minimum absolute atomic E-state index is 0.00253. The molecule has 1 saturated heterocycles. The topological polar surface area (TPSA) is 91.6 Å². The minimum atomic E-state index is -0.308. The first-order valence-corrected chi connectivity index (χ1v) is 12.9. The Labute approximate surface area is 213 Å². The number of carbonyl (C=O) groups excluding carboxylic acids is 1. The van der Waals surface area contributed by atoms with Crippen LogP contribution in [-0.4, -0.2) is 58.7 Å². The van der Waals surface area contributed by atoms with E-state index in [2.05, 4.69) is 43.6 Å². The molecule has 2 fully saturated rings. The van der Waals surface area contributed by atoms with E-state index in [9.17, 15) is 10.1 Å². The number of piperazine rings is 1. The number of rotatable bonds is 6. The summed E-state index contributed by atoms with van der Waals surface area (Å²) in [5, 5.41) is 10.3. The van der Waals surface area contributed by atoms with Crippen molar-refractivity contribution in [2.24, 2.45) is 5.92 Å². The fraction of sp³-hybridized carbons (Fsp3) is 0.571. The number of hydrogen-bond acceptors (Lipinski definition) is 7. The maximum absolute atomic E-state index is 13.1. The van der Waals surface area contributed by atoms with E-state index in [-0.39, 0.29) is 30.1 Å². The van der Waals surface area contributed by atoms with Gasteiger partial charge in [-0.15, -0.1) is 0 Å². The Hall–Kier alpha value is -3.18. The molecule has 190 valence electrons. The number of nitrogens with zero attached hydrogens (tertiary/aromatic N) is 5. The molecule has 2 aliphatic heterocycles. The van der Waals surface area contributed by atoms with Crippen LogP contribution in [0.5, 0.6) is 5.75 Å². The average Bonchev–Trinajstić information content (AvgIpc) is 3.71. The molecule has 2 aromatic heterocycles. The molecule has 4 heterocycles. The van der Waals surface area contributed by atoms with Crippen LogP contribution in [-0.2, 0) is 22.6 Å². The van der Waals surface area contributed by atoms with Crippen molar-refractivity contribution in [2.75, 3.05) is 31.1 Å². The summed E-state index contributed by atoms with van der Waals surface area (Å²) in [6.07, 6.45) is 6.28. The highest BCUT2D eigenvalue weighted by Crippen LogP contribution is 2.46. The molecule has 0 unspecified atom stereocenters. The first-order valence-electron chi connectivity index (χ1n) is 12.9. The number of nitriles is 1. The zero-order valence-electron chi connectivity index (χ0n) is 21.7. The van der Waals surface area contributed by atoms with E-state index >= 15 is 0 Å². The van der Waals surface area contributed by atoms with Crippen molar-refractivity contribution in [2.45, 2.75) is 71.1 Å². The van der Waals surface area contributed by atoms with Gasteiger partial charge in [-0.05, 0) is 50.3 Å². The van der Waals surface area contributed by atoms with E-state index in [1.54, 1.807) is 24.5 Å². The Balaban J connectivity index is 1.40. The monoisotopic (exact) mass is 489 g/mol. The summed E-state index contributed by atoms with van der Waals surface area (Å²) in [6.45, 7) is 10.8. The number of aromatic nitrogens is 2. The lowest BCUT2D eigenvalue weighted by molar-refractivity contribution is -0.137. The quantitative estimate of drug-likeness (QED) is 0.609.